The average Bonchev–Trinajstić information content (AvgIpc) is 2.78. The first-order valence-electron chi connectivity index (χ1n) is 10.3. The van der Waals surface area contributed by atoms with Crippen molar-refractivity contribution in [3.63, 3.8) is 0 Å². The molecule has 1 saturated heterocycles. The van der Waals surface area contributed by atoms with Crippen LogP contribution in [0.1, 0.15) is 43.4 Å². The zero-order valence-electron chi connectivity index (χ0n) is 18.1. The number of amides is 2. The summed E-state index contributed by atoms with van der Waals surface area (Å²) in [5, 5.41) is 3.12. The van der Waals surface area contributed by atoms with Gasteiger partial charge >= 0.3 is 0 Å². The Labute approximate surface area is 178 Å². The van der Waals surface area contributed by atoms with E-state index in [0.717, 1.165) is 11.1 Å². The van der Waals surface area contributed by atoms with Gasteiger partial charge in [0.25, 0.3) is 0 Å². The Bertz CT molecular complexity index is 884. The average molecular weight is 411 g/mol. The monoisotopic (exact) mass is 410 g/mol. The van der Waals surface area contributed by atoms with Gasteiger partial charge in [-0.15, -0.1) is 0 Å². The minimum absolute atomic E-state index is 0.0194. The van der Waals surface area contributed by atoms with Crippen LogP contribution < -0.4 is 14.8 Å². The van der Waals surface area contributed by atoms with Gasteiger partial charge < -0.3 is 19.7 Å². The van der Waals surface area contributed by atoms with Gasteiger partial charge in [0.05, 0.1) is 26.2 Å². The summed E-state index contributed by atoms with van der Waals surface area (Å²) in [6, 6.07) is 15.6. The Morgan fingerprint density at radius 1 is 1.03 bits per heavy atom. The summed E-state index contributed by atoms with van der Waals surface area (Å²) in [4.78, 5) is 27.0. The lowest BCUT2D eigenvalue weighted by Crippen LogP contribution is -2.47. The second kappa shape index (κ2) is 9.65. The van der Waals surface area contributed by atoms with E-state index in [2.05, 4.69) is 5.32 Å². The zero-order chi connectivity index (χ0) is 21.7. The molecule has 0 bridgehead atoms. The Morgan fingerprint density at radius 3 is 2.37 bits per heavy atom. The molecular weight excluding hydrogens is 380 g/mol. The quantitative estimate of drug-likeness (QED) is 0.791. The van der Waals surface area contributed by atoms with E-state index < -0.39 is 0 Å². The van der Waals surface area contributed by atoms with Crippen molar-refractivity contribution >= 4 is 11.8 Å². The molecule has 3 atom stereocenters. The predicted octanol–water partition coefficient (Wildman–Crippen LogP) is 3.53. The van der Waals surface area contributed by atoms with Crippen molar-refractivity contribution < 1.29 is 19.1 Å². The second-order valence-corrected chi connectivity index (χ2v) is 7.81. The molecule has 1 aliphatic rings. The Kier molecular flexibility index (Phi) is 6.98. The third-order valence-corrected chi connectivity index (χ3v) is 5.80. The molecule has 1 heterocycles. The highest BCUT2D eigenvalue weighted by Crippen LogP contribution is 2.36. The van der Waals surface area contributed by atoms with Crippen molar-refractivity contribution in [1.29, 1.82) is 0 Å². The summed E-state index contributed by atoms with van der Waals surface area (Å²) >= 11 is 0. The molecule has 6 heteroatoms. The highest BCUT2D eigenvalue weighted by atomic mass is 16.5. The van der Waals surface area contributed by atoms with Gasteiger partial charge in [0.15, 0.2) is 11.5 Å². The Hall–Kier alpha value is -3.02. The first kappa shape index (κ1) is 21.7. The van der Waals surface area contributed by atoms with Crippen LogP contribution in [0.3, 0.4) is 0 Å². The molecule has 30 heavy (non-hydrogen) atoms. The van der Waals surface area contributed by atoms with Crippen LogP contribution in [0, 0.1) is 5.92 Å². The fourth-order valence-electron chi connectivity index (χ4n) is 4.05. The van der Waals surface area contributed by atoms with Crippen LogP contribution in [0.2, 0.25) is 0 Å². The van der Waals surface area contributed by atoms with Crippen molar-refractivity contribution in [2.45, 2.75) is 32.2 Å². The molecular formula is C24H30N2O4. The fraction of sp³-hybridized carbons (Fsp3) is 0.417. The zero-order valence-corrected chi connectivity index (χ0v) is 18.1. The fourth-order valence-corrected chi connectivity index (χ4v) is 4.05. The maximum atomic E-state index is 13.1. The number of carbonyl (C=O) groups is 2. The normalized spacial score (nSPS) is 19.7. The summed E-state index contributed by atoms with van der Waals surface area (Å²) in [5.74, 6) is 1.04. The standard InChI is InChI=1S/C24H30N2O4/c1-16(18-8-6-5-7-9-18)25-24(28)21-12-20(14-26(15-21)17(2)27)19-10-11-22(29-3)23(13-19)30-4/h5-11,13,16,20-21H,12,14-15H2,1-4H3,(H,25,28)/t16-,20-,21+/m1/s1. The smallest absolute Gasteiger partial charge is 0.225 e. The third kappa shape index (κ3) is 4.93. The number of nitrogens with zero attached hydrogens (tertiary/aromatic N) is 1. The number of nitrogens with one attached hydrogen (secondary N) is 1. The molecule has 0 radical (unpaired) electrons. The highest BCUT2D eigenvalue weighted by Gasteiger charge is 2.34. The van der Waals surface area contributed by atoms with Crippen LogP contribution in [0.4, 0.5) is 0 Å². The van der Waals surface area contributed by atoms with E-state index >= 15 is 0 Å². The van der Waals surface area contributed by atoms with Crippen molar-refractivity contribution in [1.82, 2.24) is 10.2 Å². The van der Waals surface area contributed by atoms with Gasteiger partial charge in [-0.3, -0.25) is 9.59 Å². The lowest BCUT2D eigenvalue weighted by atomic mass is 9.83. The lowest BCUT2D eigenvalue weighted by Gasteiger charge is -2.37. The molecule has 2 aromatic carbocycles. The summed E-state index contributed by atoms with van der Waals surface area (Å²) in [6.07, 6.45) is 0.673. The molecule has 0 aromatic heterocycles. The topological polar surface area (TPSA) is 67.9 Å². The minimum Gasteiger partial charge on any atom is -0.493 e. The molecule has 0 saturated carbocycles. The molecule has 0 spiro atoms. The molecule has 160 valence electrons. The van der Waals surface area contributed by atoms with Gasteiger partial charge in [0.1, 0.15) is 0 Å². The Morgan fingerprint density at radius 2 is 1.73 bits per heavy atom. The number of ether oxygens (including phenoxy) is 2. The first-order valence-corrected chi connectivity index (χ1v) is 10.3. The van der Waals surface area contributed by atoms with Gasteiger partial charge in [-0.1, -0.05) is 36.4 Å². The number of likely N-dealkylation sites (tertiary alicyclic amines) is 1. The summed E-state index contributed by atoms with van der Waals surface area (Å²) in [5.41, 5.74) is 2.09. The van der Waals surface area contributed by atoms with Crippen LogP contribution in [0.25, 0.3) is 0 Å². The molecule has 1 fully saturated rings. The summed E-state index contributed by atoms with van der Waals surface area (Å²) < 4.78 is 10.8. The number of rotatable bonds is 6. The molecule has 2 aromatic rings. The number of piperidine rings is 1. The van der Waals surface area contributed by atoms with Crippen molar-refractivity contribution in [2.24, 2.45) is 5.92 Å². The van der Waals surface area contributed by atoms with E-state index in [9.17, 15) is 9.59 Å². The molecule has 6 nitrogen and oxygen atoms in total. The van der Waals surface area contributed by atoms with E-state index in [0.29, 0.717) is 31.0 Å². The number of hydrogen-bond donors (Lipinski definition) is 1. The molecule has 0 unspecified atom stereocenters. The maximum Gasteiger partial charge on any atom is 0.225 e. The van der Waals surface area contributed by atoms with Crippen molar-refractivity contribution in [2.75, 3.05) is 27.3 Å². The summed E-state index contributed by atoms with van der Waals surface area (Å²) in [7, 11) is 3.20. The van der Waals surface area contributed by atoms with Crippen molar-refractivity contribution in [3.8, 4) is 11.5 Å². The predicted molar refractivity (Wildman–Crippen MR) is 116 cm³/mol. The van der Waals surface area contributed by atoms with Crippen molar-refractivity contribution in [3.05, 3.63) is 59.7 Å². The van der Waals surface area contributed by atoms with Crippen LogP contribution in [-0.2, 0) is 9.59 Å². The van der Waals surface area contributed by atoms with E-state index in [1.807, 2.05) is 55.5 Å². The van der Waals surface area contributed by atoms with Gasteiger partial charge in [0.2, 0.25) is 11.8 Å². The number of methoxy groups -OCH3 is 2. The van der Waals surface area contributed by atoms with Gasteiger partial charge in [-0.05, 0) is 36.6 Å². The van der Waals surface area contributed by atoms with Gasteiger partial charge in [0, 0.05) is 25.9 Å². The van der Waals surface area contributed by atoms with Crippen LogP contribution in [-0.4, -0.2) is 44.0 Å². The number of hydrogen-bond acceptors (Lipinski definition) is 4. The largest absolute Gasteiger partial charge is 0.493 e. The molecule has 2 amide bonds. The van der Waals surface area contributed by atoms with Gasteiger partial charge in [-0.25, -0.2) is 0 Å². The van der Waals surface area contributed by atoms with E-state index in [4.69, 9.17) is 9.47 Å². The highest BCUT2D eigenvalue weighted by molar-refractivity contribution is 5.81. The Balaban J connectivity index is 1.78. The third-order valence-electron chi connectivity index (χ3n) is 5.80. The van der Waals surface area contributed by atoms with Crippen LogP contribution >= 0.6 is 0 Å². The second-order valence-electron chi connectivity index (χ2n) is 7.81. The minimum atomic E-state index is -0.271. The van der Waals surface area contributed by atoms with Crippen LogP contribution in [0.15, 0.2) is 48.5 Å². The first-order chi connectivity index (χ1) is 14.4. The van der Waals surface area contributed by atoms with Crippen LogP contribution in [0.5, 0.6) is 11.5 Å². The summed E-state index contributed by atoms with van der Waals surface area (Å²) in [6.45, 7) is 4.55. The SMILES string of the molecule is COc1ccc([C@@H]2C[C@H](C(=O)N[C@H](C)c3ccccc3)CN(C(C)=O)C2)cc1OC. The van der Waals surface area contributed by atoms with E-state index in [1.165, 1.54) is 0 Å². The number of benzene rings is 2. The van der Waals surface area contributed by atoms with Gasteiger partial charge in [-0.2, -0.15) is 0 Å². The van der Waals surface area contributed by atoms with E-state index in [1.54, 1.807) is 26.0 Å². The maximum absolute atomic E-state index is 13.1. The molecule has 1 N–H and O–H groups in total. The molecule has 1 aliphatic heterocycles. The molecule has 0 aliphatic carbocycles. The number of carbonyl (C=O) groups excluding carboxylic acids is 2. The lowest BCUT2D eigenvalue weighted by molar-refractivity contribution is -0.134. The van der Waals surface area contributed by atoms with E-state index in [-0.39, 0.29) is 29.7 Å². The molecule has 3 rings (SSSR count).